The van der Waals surface area contributed by atoms with Crippen LogP contribution in [0.25, 0.3) is 0 Å². The summed E-state index contributed by atoms with van der Waals surface area (Å²) in [5.74, 6) is 0.292. The van der Waals surface area contributed by atoms with Crippen LogP contribution in [-0.2, 0) is 11.2 Å². The second-order valence-electron chi connectivity index (χ2n) is 4.75. The van der Waals surface area contributed by atoms with Crippen LogP contribution in [0.4, 0.5) is 0 Å². The predicted octanol–water partition coefficient (Wildman–Crippen LogP) is 4.19. The first-order chi connectivity index (χ1) is 11.1. The lowest BCUT2D eigenvalue weighted by Crippen LogP contribution is -2.24. The highest BCUT2D eigenvalue weighted by Crippen LogP contribution is 2.26. The zero-order valence-electron chi connectivity index (χ0n) is 12.6. The van der Waals surface area contributed by atoms with Crippen LogP contribution >= 0.6 is 27.5 Å². The van der Waals surface area contributed by atoms with Crippen molar-refractivity contribution in [2.75, 3.05) is 6.61 Å². The van der Waals surface area contributed by atoms with Gasteiger partial charge >= 0.3 is 0 Å². The van der Waals surface area contributed by atoms with Gasteiger partial charge in [0.1, 0.15) is 5.75 Å². The van der Waals surface area contributed by atoms with E-state index in [-0.39, 0.29) is 12.5 Å². The minimum atomic E-state index is -0.332. The van der Waals surface area contributed by atoms with E-state index in [0.29, 0.717) is 10.8 Å². The minimum Gasteiger partial charge on any atom is -0.483 e. The maximum atomic E-state index is 11.7. The summed E-state index contributed by atoms with van der Waals surface area (Å²) >= 11 is 9.22. The number of halogens is 2. The fourth-order valence-electron chi connectivity index (χ4n) is 1.78. The molecule has 0 aliphatic heterocycles. The molecule has 23 heavy (non-hydrogen) atoms. The van der Waals surface area contributed by atoms with Crippen molar-refractivity contribution in [2.24, 2.45) is 5.10 Å². The van der Waals surface area contributed by atoms with E-state index in [2.05, 4.69) is 33.4 Å². The molecule has 0 radical (unpaired) electrons. The number of hydrazone groups is 1. The monoisotopic (exact) mass is 394 g/mol. The Morgan fingerprint density at radius 1 is 1.30 bits per heavy atom. The predicted molar refractivity (Wildman–Crippen MR) is 96.2 cm³/mol. The number of nitrogens with zero attached hydrogens (tertiary/aromatic N) is 1. The maximum absolute atomic E-state index is 11.7. The van der Waals surface area contributed by atoms with Crippen molar-refractivity contribution < 1.29 is 9.53 Å². The second kappa shape index (κ2) is 8.70. The van der Waals surface area contributed by atoms with E-state index in [1.54, 1.807) is 30.5 Å². The molecule has 6 heteroatoms. The van der Waals surface area contributed by atoms with Crippen LogP contribution in [0.3, 0.4) is 0 Å². The summed E-state index contributed by atoms with van der Waals surface area (Å²) in [5, 5.41) is 4.53. The average Bonchev–Trinajstić information content (AvgIpc) is 2.55. The van der Waals surface area contributed by atoms with E-state index in [4.69, 9.17) is 16.3 Å². The lowest BCUT2D eigenvalue weighted by atomic mass is 10.2. The summed E-state index contributed by atoms with van der Waals surface area (Å²) in [5.41, 5.74) is 4.45. The molecule has 0 fully saturated rings. The number of aryl methyl sites for hydroxylation is 1. The molecule has 2 rings (SSSR count). The molecule has 4 nitrogen and oxygen atoms in total. The second-order valence-corrected chi connectivity index (χ2v) is 6.04. The van der Waals surface area contributed by atoms with E-state index in [1.165, 1.54) is 5.56 Å². The van der Waals surface area contributed by atoms with E-state index < -0.39 is 0 Å². The Kier molecular flexibility index (Phi) is 6.62. The van der Waals surface area contributed by atoms with Crippen LogP contribution in [0, 0.1) is 0 Å². The van der Waals surface area contributed by atoms with Crippen molar-refractivity contribution in [1.29, 1.82) is 0 Å². The summed E-state index contributed by atoms with van der Waals surface area (Å²) in [7, 11) is 0. The number of carbonyl (C=O) groups excluding carboxylic acids is 1. The summed E-state index contributed by atoms with van der Waals surface area (Å²) in [4.78, 5) is 11.7. The summed E-state index contributed by atoms with van der Waals surface area (Å²) in [6.07, 6.45) is 2.49. The molecular formula is C17H16BrClN2O2. The Morgan fingerprint density at radius 3 is 2.70 bits per heavy atom. The lowest BCUT2D eigenvalue weighted by molar-refractivity contribution is -0.123. The van der Waals surface area contributed by atoms with Gasteiger partial charge in [-0.2, -0.15) is 5.10 Å². The molecule has 0 atom stereocenters. The Morgan fingerprint density at radius 2 is 2.04 bits per heavy atom. The zero-order valence-corrected chi connectivity index (χ0v) is 14.9. The Labute approximate surface area is 148 Å². The largest absolute Gasteiger partial charge is 0.483 e. The molecule has 0 spiro atoms. The number of ether oxygens (including phenoxy) is 1. The SMILES string of the molecule is CCc1ccc(OCC(=O)N/N=C/c2ccc(Cl)cc2)c(Br)c1. The highest BCUT2D eigenvalue weighted by molar-refractivity contribution is 9.10. The third kappa shape index (κ3) is 5.69. The van der Waals surface area contributed by atoms with Gasteiger partial charge in [-0.25, -0.2) is 5.43 Å². The lowest BCUT2D eigenvalue weighted by Gasteiger charge is -2.08. The summed E-state index contributed by atoms with van der Waals surface area (Å²) < 4.78 is 6.29. The molecule has 0 unspecified atom stereocenters. The topological polar surface area (TPSA) is 50.7 Å². The number of amides is 1. The number of benzene rings is 2. The standard InChI is InChI=1S/C17H16BrClN2O2/c1-2-12-5-8-16(15(18)9-12)23-11-17(22)21-20-10-13-3-6-14(19)7-4-13/h3-10H,2,11H2,1H3,(H,21,22)/b20-10+. The molecule has 0 saturated carbocycles. The van der Waals surface area contributed by atoms with Crippen LogP contribution < -0.4 is 10.2 Å². The van der Waals surface area contributed by atoms with Gasteiger partial charge in [-0.1, -0.05) is 36.7 Å². The van der Waals surface area contributed by atoms with E-state index in [9.17, 15) is 4.79 Å². The van der Waals surface area contributed by atoms with E-state index in [1.807, 2.05) is 18.2 Å². The summed E-state index contributed by atoms with van der Waals surface area (Å²) in [6, 6.07) is 12.9. The Balaban J connectivity index is 1.82. The van der Waals surface area contributed by atoms with Crippen molar-refractivity contribution in [3.05, 3.63) is 63.1 Å². The van der Waals surface area contributed by atoms with Crippen molar-refractivity contribution >= 4 is 39.7 Å². The molecule has 0 aromatic heterocycles. The van der Waals surface area contributed by atoms with Gasteiger partial charge in [-0.05, 0) is 57.7 Å². The normalized spacial score (nSPS) is 10.7. The van der Waals surface area contributed by atoms with Crippen LogP contribution in [0.2, 0.25) is 5.02 Å². The smallest absolute Gasteiger partial charge is 0.277 e. The molecule has 0 aliphatic carbocycles. The highest BCUT2D eigenvalue weighted by Gasteiger charge is 2.05. The van der Waals surface area contributed by atoms with Crippen LogP contribution in [0.1, 0.15) is 18.1 Å². The first-order valence-electron chi connectivity index (χ1n) is 7.07. The summed E-state index contributed by atoms with van der Waals surface area (Å²) in [6.45, 7) is 1.97. The van der Waals surface area contributed by atoms with Gasteiger partial charge in [-0.3, -0.25) is 4.79 Å². The zero-order chi connectivity index (χ0) is 16.7. The first kappa shape index (κ1) is 17.5. The number of hydrogen-bond acceptors (Lipinski definition) is 3. The number of nitrogens with one attached hydrogen (secondary N) is 1. The molecule has 0 aliphatic rings. The quantitative estimate of drug-likeness (QED) is 0.589. The van der Waals surface area contributed by atoms with Gasteiger partial charge in [0, 0.05) is 5.02 Å². The van der Waals surface area contributed by atoms with Gasteiger partial charge in [0.05, 0.1) is 10.7 Å². The van der Waals surface area contributed by atoms with Crippen molar-refractivity contribution in [3.63, 3.8) is 0 Å². The molecule has 0 bridgehead atoms. The molecular weight excluding hydrogens is 380 g/mol. The minimum absolute atomic E-state index is 0.109. The van der Waals surface area contributed by atoms with Crippen LogP contribution in [-0.4, -0.2) is 18.7 Å². The van der Waals surface area contributed by atoms with Gasteiger partial charge < -0.3 is 4.74 Å². The molecule has 120 valence electrons. The third-order valence-corrected chi connectivity index (χ3v) is 3.91. The van der Waals surface area contributed by atoms with Crippen molar-refractivity contribution in [2.45, 2.75) is 13.3 Å². The Bertz CT molecular complexity index is 702. The van der Waals surface area contributed by atoms with Gasteiger partial charge in [0.15, 0.2) is 6.61 Å². The van der Waals surface area contributed by atoms with Crippen molar-refractivity contribution in [1.82, 2.24) is 5.43 Å². The first-order valence-corrected chi connectivity index (χ1v) is 8.24. The molecule has 2 aromatic rings. The highest BCUT2D eigenvalue weighted by atomic mass is 79.9. The number of rotatable bonds is 6. The van der Waals surface area contributed by atoms with Crippen LogP contribution in [0.15, 0.2) is 52.0 Å². The molecule has 1 amide bonds. The van der Waals surface area contributed by atoms with E-state index in [0.717, 1.165) is 16.5 Å². The molecule has 0 heterocycles. The number of carbonyl (C=O) groups is 1. The fourth-order valence-corrected chi connectivity index (χ4v) is 2.45. The maximum Gasteiger partial charge on any atom is 0.277 e. The van der Waals surface area contributed by atoms with Gasteiger partial charge in [0.2, 0.25) is 0 Å². The fraction of sp³-hybridized carbons (Fsp3) is 0.176. The molecule has 2 aromatic carbocycles. The van der Waals surface area contributed by atoms with Gasteiger partial charge in [-0.15, -0.1) is 0 Å². The Hall–Kier alpha value is -1.85. The number of hydrogen-bond donors (Lipinski definition) is 1. The molecule has 0 saturated heterocycles. The van der Waals surface area contributed by atoms with E-state index >= 15 is 0 Å². The van der Waals surface area contributed by atoms with Gasteiger partial charge in [0.25, 0.3) is 5.91 Å². The average molecular weight is 396 g/mol. The molecule has 1 N–H and O–H groups in total. The van der Waals surface area contributed by atoms with Crippen LogP contribution in [0.5, 0.6) is 5.75 Å². The third-order valence-electron chi connectivity index (χ3n) is 3.04. The van der Waals surface area contributed by atoms with Crippen molar-refractivity contribution in [3.8, 4) is 5.75 Å².